The van der Waals surface area contributed by atoms with E-state index in [2.05, 4.69) is 15.5 Å². The van der Waals surface area contributed by atoms with E-state index in [4.69, 9.17) is 0 Å². The Bertz CT molecular complexity index is 690. The number of amides is 2. The summed E-state index contributed by atoms with van der Waals surface area (Å²) in [6.07, 6.45) is 0.836. The highest BCUT2D eigenvalue weighted by Crippen LogP contribution is 2.32. The second kappa shape index (κ2) is 4.80. The van der Waals surface area contributed by atoms with Gasteiger partial charge in [0.05, 0.1) is 0 Å². The van der Waals surface area contributed by atoms with E-state index in [1.54, 1.807) is 4.90 Å². The average molecular weight is 270 g/mol. The van der Waals surface area contributed by atoms with Crippen molar-refractivity contribution in [2.75, 3.05) is 10.2 Å². The fourth-order valence-corrected chi connectivity index (χ4v) is 2.46. The zero-order valence-corrected chi connectivity index (χ0v) is 11.0. The number of hydrogen-bond acceptors (Lipinski definition) is 3. The number of anilines is 2. The zero-order chi connectivity index (χ0) is 14.1. The van der Waals surface area contributed by atoms with Crippen molar-refractivity contribution in [3.8, 4) is 0 Å². The summed E-state index contributed by atoms with van der Waals surface area (Å²) in [4.78, 5) is 25.0. The minimum atomic E-state index is -0.303. The molecule has 2 aromatic rings. The predicted octanol–water partition coefficient (Wildman–Crippen LogP) is 1.75. The van der Waals surface area contributed by atoms with Crippen LogP contribution in [0.2, 0.25) is 0 Å². The number of carbonyl (C=O) groups excluding carboxylic acids is 1. The molecule has 0 saturated heterocycles. The zero-order valence-electron chi connectivity index (χ0n) is 11.0. The molecule has 6 heteroatoms. The molecule has 1 aliphatic heterocycles. The van der Waals surface area contributed by atoms with E-state index in [1.165, 1.54) is 12.1 Å². The number of nitrogens with one attached hydrogen (secondary N) is 2. The van der Waals surface area contributed by atoms with E-state index >= 15 is 0 Å². The van der Waals surface area contributed by atoms with Gasteiger partial charge in [-0.15, -0.1) is 0 Å². The minimum absolute atomic E-state index is 0.0927. The largest absolute Gasteiger partial charge is 0.327 e. The minimum Gasteiger partial charge on any atom is -0.291 e. The van der Waals surface area contributed by atoms with Crippen molar-refractivity contribution in [1.82, 2.24) is 10.2 Å². The van der Waals surface area contributed by atoms with Crippen LogP contribution in [0.25, 0.3) is 0 Å². The molecule has 0 bridgehead atoms. The Kier molecular flexibility index (Phi) is 2.98. The quantitative estimate of drug-likeness (QED) is 0.828. The Labute approximate surface area is 115 Å². The Morgan fingerprint density at radius 3 is 2.90 bits per heavy atom. The van der Waals surface area contributed by atoms with Gasteiger partial charge in [-0.3, -0.25) is 15.0 Å². The number of carbonyl (C=O) groups is 1. The highest BCUT2D eigenvalue weighted by molar-refractivity contribution is 6.03. The van der Waals surface area contributed by atoms with E-state index in [1.807, 2.05) is 31.2 Å². The molecule has 20 heavy (non-hydrogen) atoms. The third-order valence-corrected chi connectivity index (χ3v) is 3.34. The number of aromatic nitrogens is 2. The molecule has 1 aliphatic rings. The first-order valence-electron chi connectivity index (χ1n) is 6.39. The molecule has 2 heterocycles. The maximum atomic E-state index is 12.4. The Balaban J connectivity index is 1.84. The van der Waals surface area contributed by atoms with Crippen LogP contribution in [0.3, 0.4) is 0 Å². The summed E-state index contributed by atoms with van der Waals surface area (Å²) in [7, 11) is 0. The van der Waals surface area contributed by atoms with Gasteiger partial charge in [0.2, 0.25) is 0 Å². The first kappa shape index (κ1) is 12.4. The number of fused-ring (bicyclic) bond motifs is 1. The van der Waals surface area contributed by atoms with E-state index in [9.17, 15) is 9.59 Å². The molecule has 2 amide bonds. The highest BCUT2D eigenvalue weighted by atomic mass is 16.2. The molecular formula is C14H14N4O2. The summed E-state index contributed by atoms with van der Waals surface area (Å²) in [5.41, 5.74) is 1.77. The number of benzene rings is 1. The smallest absolute Gasteiger partial charge is 0.291 e. The maximum Gasteiger partial charge on any atom is 0.327 e. The van der Waals surface area contributed by atoms with E-state index in [-0.39, 0.29) is 17.6 Å². The van der Waals surface area contributed by atoms with Crippen molar-refractivity contribution < 1.29 is 4.79 Å². The summed E-state index contributed by atoms with van der Waals surface area (Å²) in [6, 6.07) is 10.5. The maximum absolute atomic E-state index is 12.4. The molecule has 102 valence electrons. The first-order chi connectivity index (χ1) is 9.65. The second-order valence-electron chi connectivity index (χ2n) is 4.79. The summed E-state index contributed by atoms with van der Waals surface area (Å²) >= 11 is 0. The number of nitrogens with zero attached hydrogens (tertiary/aromatic N) is 2. The lowest BCUT2D eigenvalue weighted by atomic mass is 10.1. The van der Waals surface area contributed by atoms with E-state index < -0.39 is 0 Å². The average Bonchev–Trinajstić information content (AvgIpc) is 2.77. The standard InChI is InChI=1S/C14H14N4O2/c1-9-8-10-4-2-3-5-11(10)18(9)14(20)15-12-6-7-13(19)17-16-12/h2-7,9H,8H2,1H3,(H,17,19)(H,15,16,20). The van der Waals surface area contributed by atoms with Gasteiger partial charge >= 0.3 is 6.03 Å². The molecule has 0 saturated carbocycles. The molecule has 0 fully saturated rings. The van der Waals surface area contributed by atoms with Gasteiger partial charge in [0, 0.05) is 17.8 Å². The fourth-order valence-electron chi connectivity index (χ4n) is 2.46. The number of aromatic amines is 1. The summed E-state index contributed by atoms with van der Waals surface area (Å²) in [6.45, 7) is 2.00. The van der Waals surface area contributed by atoms with Gasteiger partial charge < -0.3 is 0 Å². The molecule has 0 aliphatic carbocycles. The van der Waals surface area contributed by atoms with Crippen LogP contribution < -0.4 is 15.8 Å². The summed E-state index contributed by atoms with van der Waals surface area (Å²) in [5.74, 6) is 0.325. The van der Waals surface area contributed by atoms with E-state index in [0.29, 0.717) is 5.82 Å². The molecule has 1 aromatic heterocycles. The summed E-state index contributed by atoms with van der Waals surface area (Å²) in [5, 5.41) is 8.75. The van der Waals surface area contributed by atoms with Gasteiger partial charge in [-0.1, -0.05) is 18.2 Å². The topological polar surface area (TPSA) is 78.1 Å². The molecule has 6 nitrogen and oxygen atoms in total. The van der Waals surface area contributed by atoms with E-state index in [0.717, 1.165) is 17.7 Å². The predicted molar refractivity (Wildman–Crippen MR) is 76.0 cm³/mol. The number of urea groups is 1. The molecule has 3 rings (SSSR count). The van der Waals surface area contributed by atoms with Gasteiger partial charge in [0.25, 0.3) is 5.56 Å². The monoisotopic (exact) mass is 270 g/mol. The van der Waals surface area contributed by atoms with Crippen LogP contribution in [0.5, 0.6) is 0 Å². The highest BCUT2D eigenvalue weighted by Gasteiger charge is 2.30. The molecule has 1 unspecified atom stereocenters. The van der Waals surface area contributed by atoms with Crippen LogP contribution >= 0.6 is 0 Å². The Hall–Kier alpha value is -2.63. The third kappa shape index (κ3) is 2.16. The van der Waals surface area contributed by atoms with Gasteiger partial charge in [-0.2, -0.15) is 5.10 Å². The summed E-state index contributed by atoms with van der Waals surface area (Å²) < 4.78 is 0. The first-order valence-corrected chi connectivity index (χ1v) is 6.39. The molecule has 1 atom stereocenters. The van der Waals surface area contributed by atoms with Crippen LogP contribution in [-0.2, 0) is 6.42 Å². The fraction of sp³-hybridized carbons (Fsp3) is 0.214. The van der Waals surface area contributed by atoms with Gasteiger partial charge in [-0.05, 0) is 31.0 Å². The van der Waals surface area contributed by atoms with Crippen LogP contribution in [0.15, 0.2) is 41.2 Å². The SMILES string of the molecule is CC1Cc2ccccc2N1C(=O)Nc1ccc(=O)[nH]n1. The van der Waals surface area contributed by atoms with Crippen molar-refractivity contribution in [3.05, 3.63) is 52.3 Å². The van der Waals surface area contributed by atoms with Gasteiger partial charge in [0.1, 0.15) is 0 Å². The Morgan fingerprint density at radius 2 is 2.15 bits per heavy atom. The van der Waals surface area contributed by atoms with Crippen molar-refractivity contribution in [2.24, 2.45) is 0 Å². The molecular weight excluding hydrogens is 256 g/mol. The lowest BCUT2D eigenvalue weighted by molar-refractivity contribution is 0.255. The normalized spacial score (nSPS) is 16.9. The number of H-pyrrole nitrogens is 1. The number of para-hydroxylation sites is 1. The molecule has 0 radical (unpaired) electrons. The lowest BCUT2D eigenvalue weighted by Gasteiger charge is -2.22. The van der Waals surface area contributed by atoms with Crippen LogP contribution in [-0.4, -0.2) is 22.3 Å². The van der Waals surface area contributed by atoms with Crippen molar-refractivity contribution in [2.45, 2.75) is 19.4 Å². The van der Waals surface area contributed by atoms with Crippen molar-refractivity contribution in [1.29, 1.82) is 0 Å². The van der Waals surface area contributed by atoms with Crippen LogP contribution in [0, 0.1) is 0 Å². The van der Waals surface area contributed by atoms with Crippen molar-refractivity contribution in [3.63, 3.8) is 0 Å². The van der Waals surface area contributed by atoms with Crippen molar-refractivity contribution >= 4 is 17.5 Å². The third-order valence-electron chi connectivity index (χ3n) is 3.34. The van der Waals surface area contributed by atoms with Crippen LogP contribution in [0.1, 0.15) is 12.5 Å². The molecule has 0 spiro atoms. The second-order valence-corrected chi connectivity index (χ2v) is 4.79. The molecule has 1 aromatic carbocycles. The Morgan fingerprint density at radius 1 is 1.35 bits per heavy atom. The number of rotatable bonds is 1. The number of hydrogen-bond donors (Lipinski definition) is 2. The lowest BCUT2D eigenvalue weighted by Crippen LogP contribution is -2.39. The van der Waals surface area contributed by atoms with Gasteiger partial charge in [-0.25, -0.2) is 9.89 Å². The molecule has 2 N–H and O–H groups in total. The van der Waals surface area contributed by atoms with Gasteiger partial charge in [0.15, 0.2) is 5.82 Å². The van der Waals surface area contributed by atoms with Crippen LogP contribution in [0.4, 0.5) is 16.3 Å².